The van der Waals surface area contributed by atoms with Crippen LogP contribution in [0.5, 0.6) is 0 Å². The molecule has 1 saturated heterocycles. The van der Waals surface area contributed by atoms with E-state index in [4.69, 9.17) is 5.53 Å². The predicted molar refractivity (Wildman–Crippen MR) is 37.4 cm³/mol. The van der Waals surface area contributed by atoms with Gasteiger partial charge in [-0.1, -0.05) is 5.11 Å². The molecule has 0 bridgehead atoms. The van der Waals surface area contributed by atoms with E-state index in [-0.39, 0.29) is 0 Å². The van der Waals surface area contributed by atoms with E-state index in [2.05, 4.69) is 15.3 Å². The van der Waals surface area contributed by atoms with Gasteiger partial charge >= 0.3 is 0 Å². The summed E-state index contributed by atoms with van der Waals surface area (Å²) in [5, 5.41) is 7.00. The third kappa shape index (κ3) is 0.696. The first-order valence-corrected chi connectivity index (χ1v) is 3.66. The summed E-state index contributed by atoms with van der Waals surface area (Å²) in [6.45, 7) is 2.18. The van der Waals surface area contributed by atoms with Crippen LogP contribution < -0.4 is 5.32 Å². The summed E-state index contributed by atoms with van der Waals surface area (Å²) in [5.74, 6) is 1.45. The molecule has 0 aromatic rings. The van der Waals surface area contributed by atoms with E-state index in [0.717, 1.165) is 25.4 Å². The molecule has 0 aromatic carbocycles. The molecule has 0 spiro atoms. The van der Waals surface area contributed by atoms with Gasteiger partial charge in [0.15, 0.2) is 0 Å². The SMILES string of the molecule is [N-]=[N+]=NC1CC2CNCC21. The van der Waals surface area contributed by atoms with Crippen molar-refractivity contribution in [2.45, 2.75) is 12.5 Å². The molecule has 10 heavy (non-hydrogen) atoms. The zero-order chi connectivity index (χ0) is 6.97. The van der Waals surface area contributed by atoms with E-state index < -0.39 is 0 Å². The maximum Gasteiger partial charge on any atom is 0.0420 e. The average Bonchev–Trinajstić information content (AvgIpc) is 2.26. The van der Waals surface area contributed by atoms with Crippen molar-refractivity contribution < 1.29 is 0 Å². The molecule has 0 amide bonds. The minimum atomic E-state index is 0.296. The van der Waals surface area contributed by atoms with Crippen molar-refractivity contribution in [1.82, 2.24) is 5.32 Å². The van der Waals surface area contributed by atoms with Gasteiger partial charge in [0.05, 0.1) is 0 Å². The Morgan fingerprint density at radius 1 is 1.50 bits per heavy atom. The number of azide groups is 1. The number of hydrogen-bond donors (Lipinski definition) is 1. The highest BCUT2D eigenvalue weighted by molar-refractivity contribution is 5.00. The predicted octanol–water partition coefficient (Wildman–Crippen LogP) is 0.905. The fraction of sp³-hybridized carbons (Fsp3) is 1.00. The summed E-state index contributed by atoms with van der Waals surface area (Å²) in [6.07, 6.45) is 1.10. The molecule has 0 radical (unpaired) electrons. The minimum absolute atomic E-state index is 0.296. The molecule has 1 heterocycles. The van der Waals surface area contributed by atoms with E-state index in [1.165, 1.54) is 0 Å². The van der Waals surface area contributed by atoms with Crippen molar-refractivity contribution >= 4 is 0 Å². The smallest absolute Gasteiger partial charge is 0.0420 e. The molecule has 1 aliphatic carbocycles. The first kappa shape index (κ1) is 6.01. The largest absolute Gasteiger partial charge is 0.316 e. The molecular weight excluding hydrogens is 128 g/mol. The topological polar surface area (TPSA) is 60.8 Å². The Bertz CT molecular complexity index is 184. The maximum absolute atomic E-state index is 8.16. The number of hydrogen-bond acceptors (Lipinski definition) is 2. The Hall–Kier alpha value is -0.730. The molecule has 3 atom stereocenters. The van der Waals surface area contributed by atoms with Crippen molar-refractivity contribution in [2.24, 2.45) is 17.0 Å². The zero-order valence-corrected chi connectivity index (χ0v) is 5.70. The van der Waals surface area contributed by atoms with Crippen molar-refractivity contribution in [3.63, 3.8) is 0 Å². The minimum Gasteiger partial charge on any atom is -0.316 e. The Morgan fingerprint density at radius 3 is 3.10 bits per heavy atom. The van der Waals surface area contributed by atoms with Gasteiger partial charge in [-0.25, -0.2) is 0 Å². The van der Waals surface area contributed by atoms with Crippen LogP contribution in [0, 0.1) is 11.8 Å². The Kier molecular flexibility index (Phi) is 1.29. The van der Waals surface area contributed by atoms with Crippen LogP contribution in [-0.2, 0) is 0 Å². The molecule has 1 aliphatic heterocycles. The molecule has 2 aliphatic rings. The molecule has 2 fully saturated rings. The molecule has 3 unspecified atom stereocenters. The maximum atomic E-state index is 8.16. The van der Waals surface area contributed by atoms with Crippen molar-refractivity contribution in [2.75, 3.05) is 13.1 Å². The molecule has 4 nitrogen and oxygen atoms in total. The first-order valence-electron chi connectivity index (χ1n) is 3.66. The average molecular weight is 138 g/mol. The van der Waals surface area contributed by atoms with Crippen LogP contribution in [-0.4, -0.2) is 19.1 Å². The van der Waals surface area contributed by atoms with Gasteiger partial charge in [0.25, 0.3) is 0 Å². The molecule has 54 valence electrons. The summed E-state index contributed by atoms with van der Waals surface area (Å²) in [6, 6.07) is 0.296. The van der Waals surface area contributed by atoms with Gasteiger partial charge in [-0.15, -0.1) is 0 Å². The van der Waals surface area contributed by atoms with Gasteiger partial charge in [0, 0.05) is 11.0 Å². The molecular formula is C6H10N4. The highest BCUT2D eigenvalue weighted by Gasteiger charge is 2.42. The Balaban J connectivity index is 2.00. The lowest BCUT2D eigenvalue weighted by molar-refractivity contribution is 0.194. The summed E-state index contributed by atoms with van der Waals surface area (Å²) in [5.41, 5.74) is 8.16. The molecule has 4 heteroatoms. The first-order chi connectivity index (χ1) is 4.92. The van der Waals surface area contributed by atoms with Crippen LogP contribution >= 0.6 is 0 Å². The summed E-state index contributed by atoms with van der Waals surface area (Å²) in [4.78, 5) is 2.82. The van der Waals surface area contributed by atoms with Gasteiger partial charge in [-0.2, -0.15) is 0 Å². The van der Waals surface area contributed by atoms with Crippen molar-refractivity contribution in [3.8, 4) is 0 Å². The van der Waals surface area contributed by atoms with E-state index in [0.29, 0.717) is 12.0 Å². The quantitative estimate of drug-likeness (QED) is 0.326. The van der Waals surface area contributed by atoms with Gasteiger partial charge in [0.2, 0.25) is 0 Å². The number of nitrogens with one attached hydrogen (secondary N) is 1. The van der Waals surface area contributed by atoms with Gasteiger partial charge in [0.1, 0.15) is 0 Å². The second-order valence-corrected chi connectivity index (χ2v) is 3.09. The molecule has 1 saturated carbocycles. The second-order valence-electron chi connectivity index (χ2n) is 3.09. The fourth-order valence-corrected chi connectivity index (χ4v) is 1.95. The monoisotopic (exact) mass is 138 g/mol. The number of fused-ring (bicyclic) bond motifs is 1. The lowest BCUT2D eigenvalue weighted by Gasteiger charge is -2.36. The van der Waals surface area contributed by atoms with Crippen LogP contribution in [0.1, 0.15) is 6.42 Å². The molecule has 1 N–H and O–H groups in total. The molecule has 2 rings (SSSR count). The standard InChI is InChI=1S/C6H10N4/c7-10-9-6-1-4-2-8-3-5(4)6/h4-6,8H,1-3H2. The number of rotatable bonds is 1. The van der Waals surface area contributed by atoms with Crippen LogP contribution in [0.2, 0.25) is 0 Å². The Labute approximate surface area is 59.2 Å². The third-order valence-corrected chi connectivity index (χ3v) is 2.63. The molecule has 0 aromatic heterocycles. The van der Waals surface area contributed by atoms with Crippen molar-refractivity contribution in [3.05, 3.63) is 10.4 Å². The van der Waals surface area contributed by atoms with Gasteiger partial charge < -0.3 is 5.32 Å². The van der Waals surface area contributed by atoms with E-state index in [1.807, 2.05) is 0 Å². The number of nitrogens with zero attached hydrogens (tertiary/aromatic N) is 3. The zero-order valence-electron chi connectivity index (χ0n) is 5.70. The van der Waals surface area contributed by atoms with Crippen LogP contribution in [0.25, 0.3) is 10.4 Å². The van der Waals surface area contributed by atoms with Crippen LogP contribution in [0.4, 0.5) is 0 Å². The summed E-state index contributed by atoms with van der Waals surface area (Å²) < 4.78 is 0. The van der Waals surface area contributed by atoms with E-state index in [9.17, 15) is 0 Å². The Morgan fingerprint density at radius 2 is 2.40 bits per heavy atom. The van der Waals surface area contributed by atoms with Gasteiger partial charge in [-0.05, 0) is 36.9 Å². The van der Waals surface area contributed by atoms with Crippen LogP contribution in [0.15, 0.2) is 5.11 Å². The van der Waals surface area contributed by atoms with E-state index >= 15 is 0 Å². The highest BCUT2D eigenvalue weighted by atomic mass is 15.2. The van der Waals surface area contributed by atoms with E-state index in [1.54, 1.807) is 0 Å². The fourth-order valence-electron chi connectivity index (χ4n) is 1.95. The lowest BCUT2D eigenvalue weighted by Crippen LogP contribution is -2.38. The summed E-state index contributed by atoms with van der Waals surface area (Å²) >= 11 is 0. The second kappa shape index (κ2) is 2.15. The normalized spacial score (nSPS) is 43.4. The lowest BCUT2D eigenvalue weighted by atomic mass is 9.72. The third-order valence-electron chi connectivity index (χ3n) is 2.63. The van der Waals surface area contributed by atoms with Crippen LogP contribution in [0.3, 0.4) is 0 Å². The van der Waals surface area contributed by atoms with Crippen molar-refractivity contribution in [1.29, 1.82) is 0 Å². The van der Waals surface area contributed by atoms with Gasteiger partial charge in [-0.3, -0.25) is 0 Å². The summed E-state index contributed by atoms with van der Waals surface area (Å²) in [7, 11) is 0. The highest BCUT2D eigenvalue weighted by Crippen LogP contribution is 2.39.